The molecule has 0 amide bonds. The summed E-state index contributed by atoms with van der Waals surface area (Å²) in [6, 6.07) is 17.6. The Morgan fingerprint density at radius 1 is 1.03 bits per heavy atom. The number of aromatic nitrogens is 1. The predicted octanol–water partition coefficient (Wildman–Crippen LogP) is 5.12. The van der Waals surface area contributed by atoms with E-state index in [2.05, 4.69) is 4.57 Å². The summed E-state index contributed by atoms with van der Waals surface area (Å²) in [5, 5.41) is 4.34. The molecule has 0 radical (unpaired) electrons. The Labute approximate surface area is 234 Å². The van der Waals surface area contributed by atoms with Gasteiger partial charge in [0.2, 0.25) is 5.52 Å². The van der Waals surface area contributed by atoms with Gasteiger partial charge in [-0.25, -0.2) is 8.42 Å². The highest BCUT2D eigenvalue weighted by atomic mass is 35.5. The largest absolute Gasteiger partial charge is 0.748 e. The summed E-state index contributed by atoms with van der Waals surface area (Å²) >= 11 is 9.33. The second-order valence-corrected chi connectivity index (χ2v) is 14.5. The van der Waals surface area contributed by atoms with Crippen molar-refractivity contribution in [2.75, 3.05) is 23.0 Å². The van der Waals surface area contributed by atoms with Crippen molar-refractivity contribution in [1.82, 2.24) is 0 Å². The molecule has 1 aromatic heterocycles. The first-order valence-electron chi connectivity index (χ1n) is 11.7. The van der Waals surface area contributed by atoms with E-state index in [0.717, 1.165) is 41.6 Å². The third-order valence-electron chi connectivity index (χ3n) is 6.11. The number of aryl methyl sites for hydroxylation is 1. The second-order valence-electron chi connectivity index (χ2n) is 8.83. The number of anilines is 1. The number of rotatable bonds is 9. The summed E-state index contributed by atoms with van der Waals surface area (Å²) in [6.45, 7) is 0.676. The number of thioether (sulfide) groups is 1. The number of hydrogen-bond donors (Lipinski definition) is 1. The lowest BCUT2D eigenvalue weighted by molar-refractivity contribution is -0.667. The van der Waals surface area contributed by atoms with Crippen molar-refractivity contribution >= 4 is 87.7 Å². The van der Waals surface area contributed by atoms with E-state index in [-0.39, 0.29) is 18.6 Å². The van der Waals surface area contributed by atoms with Crippen molar-refractivity contribution < 1.29 is 30.5 Å². The van der Waals surface area contributed by atoms with E-state index >= 15 is 0 Å². The standard InChI is InChI=1S/C25H23ClN2O6S4/c26-18-8-10-21-20(15-18)27(11-3-13-37(29,30)31)23(35-21)16-24-28(12-4-14-38(32,33)34)25-19-6-2-1-5-17(19)7-9-22(25)36-24/h1-2,5-10,15-16H,3-4,11-14H2,(H-,29,30,31,32,33,34). The zero-order valence-corrected chi connectivity index (χ0v) is 23.9. The molecule has 38 heavy (non-hydrogen) atoms. The Kier molecular flexibility index (Phi) is 7.75. The molecular weight excluding hydrogens is 588 g/mol. The first-order valence-corrected chi connectivity index (χ1v) is 16.9. The van der Waals surface area contributed by atoms with Gasteiger partial charge in [0.25, 0.3) is 15.1 Å². The monoisotopic (exact) mass is 610 g/mol. The Morgan fingerprint density at radius 2 is 1.82 bits per heavy atom. The molecule has 1 aliphatic heterocycles. The second kappa shape index (κ2) is 10.8. The van der Waals surface area contributed by atoms with Crippen LogP contribution in [0.15, 0.2) is 64.5 Å². The van der Waals surface area contributed by atoms with Crippen molar-refractivity contribution in [3.05, 3.63) is 69.7 Å². The molecule has 0 saturated carbocycles. The van der Waals surface area contributed by atoms with Gasteiger partial charge in [-0.1, -0.05) is 59.0 Å². The van der Waals surface area contributed by atoms with Crippen molar-refractivity contribution in [2.24, 2.45) is 0 Å². The Bertz CT molecular complexity index is 1780. The van der Waals surface area contributed by atoms with E-state index < -0.39 is 26.0 Å². The number of hydrogen-bond acceptors (Lipinski definition) is 8. The maximum atomic E-state index is 11.4. The third kappa shape index (κ3) is 6.17. The van der Waals surface area contributed by atoms with Gasteiger partial charge in [0.05, 0.1) is 38.0 Å². The van der Waals surface area contributed by atoms with Gasteiger partial charge < -0.3 is 9.45 Å². The minimum absolute atomic E-state index is 0.154. The lowest BCUT2D eigenvalue weighted by Crippen LogP contribution is -2.36. The number of thiazole rings is 1. The van der Waals surface area contributed by atoms with Crippen molar-refractivity contribution in [3.8, 4) is 0 Å². The van der Waals surface area contributed by atoms with Crippen LogP contribution < -0.4 is 9.47 Å². The lowest BCUT2D eigenvalue weighted by Gasteiger charge is -2.20. The van der Waals surface area contributed by atoms with Crippen LogP contribution >= 0.6 is 34.7 Å². The fraction of sp³-hybridized carbons (Fsp3) is 0.240. The van der Waals surface area contributed by atoms with Gasteiger partial charge in [-0.3, -0.25) is 4.55 Å². The van der Waals surface area contributed by atoms with E-state index in [1.54, 1.807) is 17.4 Å². The summed E-state index contributed by atoms with van der Waals surface area (Å²) in [6.07, 6.45) is 2.38. The van der Waals surface area contributed by atoms with E-state index in [4.69, 9.17) is 11.6 Å². The van der Waals surface area contributed by atoms with Crippen LogP contribution in [0.4, 0.5) is 5.69 Å². The summed E-state index contributed by atoms with van der Waals surface area (Å²) in [7, 11) is -8.45. The van der Waals surface area contributed by atoms with Crippen molar-refractivity contribution in [1.29, 1.82) is 0 Å². The van der Waals surface area contributed by atoms with Gasteiger partial charge in [-0.05, 0) is 42.1 Å². The fourth-order valence-corrected chi connectivity index (χ4v) is 7.99. The van der Waals surface area contributed by atoms with Crippen LogP contribution in [0.2, 0.25) is 5.02 Å². The van der Waals surface area contributed by atoms with Crippen LogP contribution in [0.1, 0.15) is 17.8 Å². The number of benzene rings is 3. The molecule has 5 rings (SSSR count). The first-order chi connectivity index (χ1) is 18.0. The molecule has 0 unspecified atom stereocenters. The van der Waals surface area contributed by atoms with Crippen LogP contribution in [0.5, 0.6) is 0 Å². The zero-order chi connectivity index (χ0) is 27.1. The average Bonchev–Trinajstić information content (AvgIpc) is 3.35. The molecule has 0 atom stereocenters. The van der Waals surface area contributed by atoms with Crippen molar-refractivity contribution in [2.45, 2.75) is 24.3 Å². The molecule has 0 saturated heterocycles. The SMILES string of the molecule is O=S(=O)([O-])CCCN1/C(=C/c2sc3ccc4ccccc4c3[n+]2CCCS(=O)(=O)O)Sc2ccc(Cl)cc21. The summed E-state index contributed by atoms with van der Waals surface area (Å²) in [5.41, 5.74) is 1.81. The molecule has 200 valence electrons. The maximum Gasteiger partial charge on any atom is 0.265 e. The predicted molar refractivity (Wildman–Crippen MR) is 152 cm³/mol. The molecule has 0 aliphatic carbocycles. The third-order valence-corrected chi connectivity index (χ3v) is 10.2. The van der Waals surface area contributed by atoms with E-state index in [1.165, 1.54) is 11.8 Å². The molecule has 4 aromatic rings. The Balaban J connectivity index is 1.60. The van der Waals surface area contributed by atoms with Crippen LogP contribution in [-0.4, -0.2) is 44.0 Å². The van der Waals surface area contributed by atoms with Gasteiger partial charge >= 0.3 is 0 Å². The molecule has 2 heterocycles. The Morgan fingerprint density at radius 3 is 2.58 bits per heavy atom. The summed E-state index contributed by atoms with van der Waals surface area (Å²) in [5.74, 6) is -0.825. The molecule has 1 N–H and O–H groups in total. The normalized spacial score (nSPS) is 15.1. The molecular formula is C25H23ClN2O6S4. The minimum atomic E-state index is -4.35. The van der Waals surface area contributed by atoms with Crippen LogP contribution in [0.25, 0.3) is 27.1 Å². The molecule has 8 nitrogen and oxygen atoms in total. The zero-order valence-electron chi connectivity index (χ0n) is 19.9. The summed E-state index contributed by atoms with van der Waals surface area (Å²) < 4.78 is 68.9. The molecule has 3 aromatic carbocycles. The maximum absolute atomic E-state index is 11.4. The van der Waals surface area contributed by atoms with Crippen LogP contribution in [-0.2, 0) is 26.8 Å². The molecule has 13 heteroatoms. The highest BCUT2D eigenvalue weighted by Crippen LogP contribution is 2.48. The van der Waals surface area contributed by atoms with E-state index in [0.29, 0.717) is 18.1 Å². The molecule has 1 aliphatic rings. The lowest BCUT2D eigenvalue weighted by atomic mass is 10.1. The Hall–Kier alpha value is -2.19. The highest BCUT2D eigenvalue weighted by Gasteiger charge is 2.29. The fourth-order valence-electron chi connectivity index (χ4n) is 4.53. The van der Waals surface area contributed by atoms with Crippen LogP contribution in [0.3, 0.4) is 0 Å². The quantitative estimate of drug-likeness (QED) is 0.205. The van der Waals surface area contributed by atoms with Gasteiger partial charge in [0.1, 0.15) is 4.70 Å². The van der Waals surface area contributed by atoms with E-state index in [1.807, 2.05) is 59.5 Å². The average molecular weight is 611 g/mol. The molecule has 0 spiro atoms. The van der Waals surface area contributed by atoms with Gasteiger partial charge in [0, 0.05) is 28.6 Å². The topological polar surface area (TPSA) is 119 Å². The number of fused-ring (bicyclic) bond motifs is 4. The minimum Gasteiger partial charge on any atom is -0.748 e. The molecule has 0 bridgehead atoms. The van der Waals surface area contributed by atoms with Gasteiger partial charge in [-0.2, -0.15) is 13.0 Å². The van der Waals surface area contributed by atoms with Gasteiger partial charge in [-0.15, -0.1) is 0 Å². The molecule has 0 fully saturated rings. The van der Waals surface area contributed by atoms with Crippen molar-refractivity contribution in [3.63, 3.8) is 0 Å². The smallest absolute Gasteiger partial charge is 0.265 e. The van der Waals surface area contributed by atoms with E-state index in [9.17, 15) is 25.9 Å². The summed E-state index contributed by atoms with van der Waals surface area (Å²) in [4.78, 5) is 2.91. The van der Waals surface area contributed by atoms with Gasteiger partial charge in [0.15, 0.2) is 6.54 Å². The highest BCUT2D eigenvalue weighted by molar-refractivity contribution is 8.04. The number of nitrogens with zero attached hydrogens (tertiary/aromatic N) is 2. The number of halogens is 1. The first kappa shape index (κ1) is 27.4. The van der Waals surface area contributed by atoms with Crippen LogP contribution in [0, 0.1) is 0 Å².